The van der Waals surface area contributed by atoms with Gasteiger partial charge in [0.05, 0.1) is 0 Å². The highest BCUT2D eigenvalue weighted by atomic mass is 35.5. The largest absolute Gasteiger partial charge is 0.321 e. The highest BCUT2D eigenvalue weighted by Crippen LogP contribution is 2.43. The standard InChI is InChI=1S/C15H14ClN.ClH/c16-14-6-2-4-12(10-14)11-3-1-5-13(9-11)15(17)7-8-15;/h1-6,9-10H,7-8,17H2;1H. The lowest BCUT2D eigenvalue weighted by Crippen LogP contribution is -2.18. The van der Waals surface area contributed by atoms with Crippen molar-refractivity contribution >= 4 is 24.0 Å². The lowest BCUT2D eigenvalue weighted by molar-refractivity contribution is 0.740. The minimum atomic E-state index is -0.0748. The quantitative estimate of drug-likeness (QED) is 0.868. The summed E-state index contributed by atoms with van der Waals surface area (Å²) in [6.07, 6.45) is 2.18. The zero-order valence-corrected chi connectivity index (χ0v) is 11.5. The number of hydrogen-bond donors (Lipinski definition) is 1. The van der Waals surface area contributed by atoms with Gasteiger partial charge in [-0.2, -0.15) is 0 Å². The van der Waals surface area contributed by atoms with Crippen LogP contribution in [0.3, 0.4) is 0 Å². The normalized spacial score (nSPS) is 15.9. The average molecular weight is 280 g/mol. The number of nitrogens with two attached hydrogens (primary N) is 1. The molecule has 0 saturated heterocycles. The van der Waals surface area contributed by atoms with Gasteiger partial charge < -0.3 is 5.73 Å². The number of rotatable bonds is 2. The minimum absolute atomic E-state index is 0. The highest BCUT2D eigenvalue weighted by molar-refractivity contribution is 6.30. The van der Waals surface area contributed by atoms with Gasteiger partial charge in [0.15, 0.2) is 0 Å². The molecule has 1 aliphatic carbocycles. The van der Waals surface area contributed by atoms with Crippen molar-refractivity contribution in [1.29, 1.82) is 0 Å². The molecule has 0 bridgehead atoms. The smallest absolute Gasteiger partial charge is 0.0412 e. The second-order valence-corrected chi connectivity index (χ2v) is 5.18. The van der Waals surface area contributed by atoms with E-state index in [0.29, 0.717) is 0 Å². The van der Waals surface area contributed by atoms with Crippen molar-refractivity contribution in [3.05, 3.63) is 59.1 Å². The molecule has 0 amide bonds. The molecular weight excluding hydrogens is 265 g/mol. The summed E-state index contributed by atoms with van der Waals surface area (Å²) < 4.78 is 0. The van der Waals surface area contributed by atoms with Crippen LogP contribution in [0.4, 0.5) is 0 Å². The van der Waals surface area contributed by atoms with Crippen LogP contribution in [-0.4, -0.2) is 0 Å². The van der Waals surface area contributed by atoms with Crippen LogP contribution in [0.5, 0.6) is 0 Å². The molecule has 0 atom stereocenters. The van der Waals surface area contributed by atoms with Crippen LogP contribution in [0, 0.1) is 0 Å². The van der Waals surface area contributed by atoms with Crippen molar-refractivity contribution in [2.24, 2.45) is 5.73 Å². The Bertz CT molecular complexity index is 562. The first-order valence-corrected chi connectivity index (χ1v) is 6.21. The molecule has 18 heavy (non-hydrogen) atoms. The first-order valence-electron chi connectivity index (χ1n) is 5.83. The summed E-state index contributed by atoms with van der Waals surface area (Å²) in [7, 11) is 0. The van der Waals surface area contributed by atoms with Crippen LogP contribution in [-0.2, 0) is 5.54 Å². The summed E-state index contributed by atoms with van der Waals surface area (Å²) in [5.41, 5.74) is 9.70. The molecule has 3 heteroatoms. The second-order valence-electron chi connectivity index (χ2n) is 4.75. The summed E-state index contributed by atoms with van der Waals surface area (Å²) in [5.74, 6) is 0. The van der Waals surface area contributed by atoms with E-state index in [1.165, 1.54) is 11.1 Å². The molecule has 0 unspecified atom stereocenters. The van der Waals surface area contributed by atoms with E-state index < -0.39 is 0 Å². The number of benzene rings is 2. The molecular formula is C15H15Cl2N. The Morgan fingerprint density at radius 2 is 1.56 bits per heavy atom. The maximum atomic E-state index is 6.22. The Hall–Kier alpha value is -1.02. The predicted octanol–water partition coefficient (Wildman–Crippen LogP) is 4.38. The van der Waals surface area contributed by atoms with Gasteiger partial charge in [-0.25, -0.2) is 0 Å². The number of halogens is 2. The summed E-state index contributed by atoms with van der Waals surface area (Å²) in [6, 6.07) is 16.4. The van der Waals surface area contributed by atoms with Crippen molar-refractivity contribution < 1.29 is 0 Å². The zero-order valence-electron chi connectivity index (χ0n) is 9.90. The van der Waals surface area contributed by atoms with E-state index in [4.69, 9.17) is 17.3 Å². The van der Waals surface area contributed by atoms with Crippen molar-refractivity contribution in [2.75, 3.05) is 0 Å². The SMILES string of the molecule is Cl.NC1(c2cccc(-c3cccc(Cl)c3)c2)CC1. The third-order valence-electron chi connectivity index (χ3n) is 3.38. The predicted molar refractivity (Wildman–Crippen MR) is 79.2 cm³/mol. The molecule has 0 spiro atoms. The average Bonchev–Trinajstić information content (AvgIpc) is 3.09. The van der Waals surface area contributed by atoms with Crippen LogP contribution in [0.2, 0.25) is 5.02 Å². The fraction of sp³-hybridized carbons (Fsp3) is 0.200. The second kappa shape index (κ2) is 4.93. The molecule has 3 rings (SSSR count). The molecule has 94 valence electrons. The molecule has 0 radical (unpaired) electrons. The first-order chi connectivity index (χ1) is 8.17. The summed E-state index contributed by atoms with van der Waals surface area (Å²) in [4.78, 5) is 0. The van der Waals surface area contributed by atoms with Gasteiger partial charge in [0.1, 0.15) is 0 Å². The van der Waals surface area contributed by atoms with Crippen molar-refractivity contribution in [2.45, 2.75) is 18.4 Å². The highest BCUT2D eigenvalue weighted by Gasteiger charge is 2.39. The third-order valence-corrected chi connectivity index (χ3v) is 3.62. The molecule has 1 fully saturated rings. The van der Waals surface area contributed by atoms with E-state index in [-0.39, 0.29) is 17.9 Å². The van der Waals surface area contributed by atoms with Crippen LogP contribution in [0.15, 0.2) is 48.5 Å². The maximum absolute atomic E-state index is 6.22. The van der Waals surface area contributed by atoms with Crippen LogP contribution in [0.1, 0.15) is 18.4 Å². The van der Waals surface area contributed by atoms with Gasteiger partial charge in [-0.15, -0.1) is 12.4 Å². The van der Waals surface area contributed by atoms with E-state index in [0.717, 1.165) is 23.4 Å². The Kier molecular flexibility index (Phi) is 3.67. The molecule has 0 aliphatic heterocycles. The van der Waals surface area contributed by atoms with Gasteiger partial charge in [0.25, 0.3) is 0 Å². The first kappa shape index (κ1) is 13.4. The van der Waals surface area contributed by atoms with Gasteiger partial charge in [0, 0.05) is 10.6 Å². The van der Waals surface area contributed by atoms with Gasteiger partial charge in [-0.1, -0.05) is 41.9 Å². The van der Waals surface area contributed by atoms with Gasteiger partial charge >= 0.3 is 0 Å². The van der Waals surface area contributed by atoms with E-state index in [1.807, 2.05) is 18.2 Å². The van der Waals surface area contributed by atoms with E-state index in [9.17, 15) is 0 Å². The van der Waals surface area contributed by atoms with Crippen molar-refractivity contribution in [3.63, 3.8) is 0 Å². The van der Waals surface area contributed by atoms with Crippen molar-refractivity contribution in [3.8, 4) is 11.1 Å². The lowest BCUT2D eigenvalue weighted by atomic mass is 9.99. The molecule has 2 aromatic carbocycles. The van der Waals surface area contributed by atoms with Crippen LogP contribution < -0.4 is 5.73 Å². The van der Waals surface area contributed by atoms with Crippen LogP contribution in [0.25, 0.3) is 11.1 Å². The summed E-state index contributed by atoms with van der Waals surface area (Å²) in [5, 5.41) is 0.766. The fourth-order valence-electron chi connectivity index (χ4n) is 2.10. The molecule has 1 nitrogen and oxygen atoms in total. The lowest BCUT2D eigenvalue weighted by Gasteiger charge is -2.11. The third kappa shape index (κ3) is 2.54. The summed E-state index contributed by atoms with van der Waals surface area (Å²) >= 11 is 6.01. The number of hydrogen-bond acceptors (Lipinski definition) is 1. The summed E-state index contributed by atoms with van der Waals surface area (Å²) in [6.45, 7) is 0. The zero-order chi connectivity index (χ0) is 11.9. The topological polar surface area (TPSA) is 26.0 Å². The van der Waals surface area contributed by atoms with Gasteiger partial charge in [-0.3, -0.25) is 0 Å². The van der Waals surface area contributed by atoms with E-state index >= 15 is 0 Å². The minimum Gasteiger partial charge on any atom is -0.321 e. The van der Waals surface area contributed by atoms with Crippen LogP contribution >= 0.6 is 24.0 Å². The fourth-order valence-corrected chi connectivity index (χ4v) is 2.29. The Balaban J connectivity index is 0.00000120. The molecule has 1 aliphatic rings. The van der Waals surface area contributed by atoms with E-state index in [1.54, 1.807) is 0 Å². The van der Waals surface area contributed by atoms with Crippen molar-refractivity contribution in [1.82, 2.24) is 0 Å². The molecule has 2 N–H and O–H groups in total. The Morgan fingerprint density at radius 1 is 0.944 bits per heavy atom. The van der Waals surface area contributed by atoms with Gasteiger partial charge in [0.2, 0.25) is 0 Å². The molecule has 2 aromatic rings. The van der Waals surface area contributed by atoms with E-state index in [2.05, 4.69) is 30.3 Å². The van der Waals surface area contributed by atoms with Gasteiger partial charge in [-0.05, 0) is 47.7 Å². The Labute approximate surface area is 118 Å². The molecule has 0 aromatic heterocycles. The molecule has 0 heterocycles. The monoisotopic (exact) mass is 279 g/mol. The molecule has 1 saturated carbocycles. The Morgan fingerprint density at radius 3 is 2.17 bits per heavy atom. The maximum Gasteiger partial charge on any atom is 0.0412 e.